The number of halogens is 1. The van der Waals surface area contributed by atoms with Crippen molar-refractivity contribution in [3.05, 3.63) is 41.6 Å². The van der Waals surface area contributed by atoms with E-state index in [0.29, 0.717) is 0 Å². The van der Waals surface area contributed by atoms with Crippen molar-refractivity contribution < 1.29 is 4.39 Å². The van der Waals surface area contributed by atoms with Gasteiger partial charge in [0.2, 0.25) is 0 Å². The van der Waals surface area contributed by atoms with E-state index in [0.717, 1.165) is 35.7 Å². The van der Waals surface area contributed by atoms with Crippen molar-refractivity contribution in [3.63, 3.8) is 0 Å². The van der Waals surface area contributed by atoms with Crippen LogP contribution < -0.4 is 5.32 Å². The van der Waals surface area contributed by atoms with Crippen LogP contribution in [-0.2, 0) is 6.42 Å². The molecule has 0 aliphatic rings. The first-order valence-electron chi connectivity index (χ1n) is 6.91. The van der Waals surface area contributed by atoms with Crippen molar-refractivity contribution in [1.82, 2.24) is 15.3 Å². The molecule has 108 valence electrons. The zero-order chi connectivity index (χ0) is 14.8. The van der Waals surface area contributed by atoms with Gasteiger partial charge in [0.15, 0.2) is 0 Å². The number of aromatic nitrogens is 2. The number of H-pyrrole nitrogens is 1. The third kappa shape index (κ3) is 3.90. The van der Waals surface area contributed by atoms with Gasteiger partial charge in [-0.3, -0.25) is 0 Å². The van der Waals surface area contributed by atoms with Gasteiger partial charge in [-0.2, -0.15) is 0 Å². The van der Waals surface area contributed by atoms with Crippen LogP contribution in [0.4, 0.5) is 4.39 Å². The Morgan fingerprint density at radius 3 is 2.45 bits per heavy atom. The average Bonchev–Trinajstić information content (AvgIpc) is 2.70. The molecule has 1 aromatic heterocycles. The van der Waals surface area contributed by atoms with Crippen LogP contribution in [0.5, 0.6) is 0 Å². The number of benzene rings is 1. The first kappa shape index (κ1) is 14.7. The van der Waals surface area contributed by atoms with Gasteiger partial charge in [-0.1, -0.05) is 0 Å². The summed E-state index contributed by atoms with van der Waals surface area (Å²) >= 11 is 0. The quantitative estimate of drug-likeness (QED) is 0.897. The summed E-state index contributed by atoms with van der Waals surface area (Å²) in [7, 11) is 0. The van der Waals surface area contributed by atoms with E-state index in [1.54, 1.807) is 12.1 Å². The summed E-state index contributed by atoms with van der Waals surface area (Å²) in [5, 5.41) is 3.44. The van der Waals surface area contributed by atoms with E-state index in [9.17, 15) is 4.39 Å². The molecule has 0 aliphatic heterocycles. The lowest BCUT2D eigenvalue weighted by Gasteiger charge is -2.19. The zero-order valence-corrected chi connectivity index (χ0v) is 12.5. The number of rotatable bonds is 4. The molecular formula is C16H22FN3. The maximum absolute atomic E-state index is 12.9. The Kier molecular flexibility index (Phi) is 4.23. The van der Waals surface area contributed by atoms with E-state index in [1.807, 2.05) is 6.92 Å². The molecule has 3 nitrogen and oxygen atoms in total. The van der Waals surface area contributed by atoms with E-state index < -0.39 is 0 Å². The van der Waals surface area contributed by atoms with Crippen LogP contribution >= 0.6 is 0 Å². The average molecular weight is 275 g/mol. The fourth-order valence-corrected chi connectivity index (χ4v) is 2.09. The molecule has 1 aromatic carbocycles. The van der Waals surface area contributed by atoms with Crippen molar-refractivity contribution in [2.75, 3.05) is 6.54 Å². The molecule has 2 N–H and O–H groups in total. The lowest BCUT2D eigenvalue weighted by molar-refractivity contribution is 0.427. The summed E-state index contributed by atoms with van der Waals surface area (Å²) in [5.74, 6) is 0.732. The lowest BCUT2D eigenvalue weighted by atomic mass is 10.1. The van der Waals surface area contributed by atoms with Crippen LogP contribution in [0.15, 0.2) is 24.3 Å². The van der Waals surface area contributed by atoms with Gasteiger partial charge in [-0.05, 0) is 52.0 Å². The maximum Gasteiger partial charge on any atom is 0.123 e. The summed E-state index contributed by atoms with van der Waals surface area (Å²) in [6.07, 6.45) is 0.847. The molecule has 0 fully saturated rings. The van der Waals surface area contributed by atoms with Crippen molar-refractivity contribution >= 4 is 0 Å². The van der Waals surface area contributed by atoms with Crippen LogP contribution in [0.25, 0.3) is 11.3 Å². The number of aromatic amines is 1. The Labute approximate surface area is 119 Å². The van der Waals surface area contributed by atoms with Gasteiger partial charge in [0, 0.05) is 29.8 Å². The second-order valence-electron chi connectivity index (χ2n) is 6.09. The highest BCUT2D eigenvalue weighted by molar-refractivity contribution is 5.61. The topological polar surface area (TPSA) is 40.7 Å². The van der Waals surface area contributed by atoms with Crippen molar-refractivity contribution in [2.45, 2.75) is 39.7 Å². The molecule has 0 saturated heterocycles. The molecular weight excluding hydrogens is 253 g/mol. The van der Waals surface area contributed by atoms with Gasteiger partial charge in [0.05, 0.1) is 5.69 Å². The van der Waals surface area contributed by atoms with E-state index in [-0.39, 0.29) is 11.4 Å². The Hall–Kier alpha value is -1.68. The molecule has 0 saturated carbocycles. The molecule has 1 heterocycles. The van der Waals surface area contributed by atoms with Crippen LogP contribution in [0.1, 0.15) is 32.3 Å². The molecule has 0 unspecified atom stereocenters. The largest absolute Gasteiger partial charge is 0.346 e. The molecule has 2 rings (SSSR count). The number of hydrogen-bond donors (Lipinski definition) is 2. The van der Waals surface area contributed by atoms with E-state index in [2.05, 4.69) is 36.1 Å². The summed E-state index contributed by atoms with van der Waals surface area (Å²) in [6, 6.07) is 6.44. The standard InChI is InChI=1S/C16H22FN3/c1-11-15(12-5-7-13(17)8-6-12)20-14(19-11)9-10-18-16(2,3)4/h5-8,18H,9-10H2,1-4H3,(H,19,20). The lowest BCUT2D eigenvalue weighted by Crippen LogP contribution is -2.37. The minimum atomic E-state index is -0.225. The molecule has 4 heteroatoms. The van der Waals surface area contributed by atoms with Gasteiger partial charge in [0.1, 0.15) is 11.6 Å². The number of imidazole rings is 1. The fraction of sp³-hybridized carbons (Fsp3) is 0.438. The third-order valence-corrected chi connectivity index (χ3v) is 3.07. The summed E-state index contributed by atoms with van der Waals surface area (Å²) in [6.45, 7) is 9.30. The Bertz CT molecular complexity index is 564. The van der Waals surface area contributed by atoms with Crippen LogP contribution in [0.3, 0.4) is 0 Å². The highest BCUT2D eigenvalue weighted by atomic mass is 19.1. The summed E-state index contributed by atoms with van der Waals surface area (Å²) in [5.41, 5.74) is 2.97. The molecule has 0 aliphatic carbocycles. The van der Waals surface area contributed by atoms with Crippen molar-refractivity contribution in [3.8, 4) is 11.3 Å². The summed E-state index contributed by atoms with van der Waals surface area (Å²) in [4.78, 5) is 7.91. The Morgan fingerprint density at radius 1 is 1.20 bits per heavy atom. The van der Waals surface area contributed by atoms with Crippen molar-refractivity contribution in [2.24, 2.45) is 0 Å². The number of nitrogens with zero attached hydrogens (tertiary/aromatic N) is 1. The van der Waals surface area contributed by atoms with E-state index in [4.69, 9.17) is 0 Å². The predicted molar refractivity (Wildman–Crippen MR) is 80.2 cm³/mol. The maximum atomic E-state index is 12.9. The van der Waals surface area contributed by atoms with Gasteiger partial charge in [0.25, 0.3) is 0 Å². The third-order valence-electron chi connectivity index (χ3n) is 3.07. The van der Waals surface area contributed by atoms with Gasteiger partial charge < -0.3 is 10.3 Å². The predicted octanol–water partition coefficient (Wildman–Crippen LogP) is 3.45. The zero-order valence-electron chi connectivity index (χ0n) is 12.5. The smallest absolute Gasteiger partial charge is 0.123 e. The molecule has 0 amide bonds. The highest BCUT2D eigenvalue weighted by Crippen LogP contribution is 2.21. The van der Waals surface area contributed by atoms with Gasteiger partial charge in [-0.15, -0.1) is 0 Å². The summed E-state index contributed by atoms with van der Waals surface area (Å²) < 4.78 is 12.9. The van der Waals surface area contributed by atoms with Gasteiger partial charge >= 0.3 is 0 Å². The Morgan fingerprint density at radius 2 is 1.85 bits per heavy atom. The van der Waals surface area contributed by atoms with E-state index in [1.165, 1.54) is 12.1 Å². The van der Waals surface area contributed by atoms with Crippen LogP contribution in [0, 0.1) is 12.7 Å². The monoisotopic (exact) mass is 275 g/mol. The molecule has 0 spiro atoms. The minimum Gasteiger partial charge on any atom is -0.346 e. The second kappa shape index (κ2) is 5.75. The minimum absolute atomic E-state index is 0.113. The first-order chi connectivity index (χ1) is 9.35. The second-order valence-corrected chi connectivity index (χ2v) is 6.09. The van der Waals surface area contributed by atoms with Crippen LogP contribution in [-0.4, -0.2) is 22.1 Å². The molecule has 0 radical (unpaired) electrons. The Balaban J connectivity index is 2.08. The normalized spacial score (nSPS) is 11.8. The first-order valence-corrected chi connectivity index (χ1v) is 6.91. The van der Waals surface area contributed by atoms with E-state index >= 15 is 0 Å². The number of nitrogens with one attached hydrogen (secondary N) is 2. The molecule has 2 aromatic rings. The highest BCUT2D eigenvalue weighted by Gasteiger charge is 2.11. The molecule has 20 heavy (non-hydrogen) atoms. The van der Waals surface area contributed by atoms with Crippen molar-refractivity contribution in [1.29, 1.82) is 0 Å². The fourth-order valence-electron chi connectivity index (χ4n) is 2.09. The number of hydrogen-bond acceptors (Lipinski definition) is 2. The number of aryl methyl sites for hydroxylation is 1. The SMILES string of the molecule is Cc1[nH]c(CCNC(C)(C)C)nc1-c1ccc(F)cc1. The molecule has 0 bridgehead atoms. The van der Waals surface area contributed by atoms with Gasteiger partial charge in [-0.25, -0.2) is 9.37 Å². The van der Waals surface area contributed by atoms with Crippen LogP contribution in [0.2, 0.25) is 0 Å². The molecule has 0 atom stereocenters.